The molecule has 0 saturated carbocycles. The molecule has 2 rings (SSSR count). The van der Waals surface area contributed by atoms with Gasteiger partial charge in [0.15, 0.2) is 0 Å². The molecule has 2 atom stereocenters. The van der Waals surface area contributed by atoms with E-state index in [0.717, 1.165) is 5.56 Å². The topological polar surface area (TPSA) is 43.4 Å². The van der Waals surface area contributed by atoms with E-state index >= 15 is 0 Å². The highest BCUT2D eigenvalue weighted by molar-refractivity contribution is 6.30. The van der Waals surface area contributed by atoms with Gasteiger partial charge in [-0.3, -0.25) is 9.59 Å². The van der Waals surface area contributed by atoms with Gasteiger partial charge in [0.05, 0.1) is 0 Å². The summed E-state index contributed by atoms with van der Waals surface area (Å²) < 4.78 is 5.16. The molecule has 1 heterocycles. The fraction of sp³-hybridized carbons (Fsp3) is 0.333. The Morgan fingerprint density at radius 1 is 1.38 bits per heavy atom. The van der Waals surface area contributed by atoms with Gasteiger partial charge < -0.3 is 4.74 Å². The number of rotatable bonds is 2. The van der Waals surface area contributed by atoms with Crippen LogP contribution in [0, 0.1) is 5.92 Å². The van der Waals surface area contributed by atoms with Crippen molar-refractivity contribution in [2.24, 2.45) is 5.92 Å². The first-order valence-corrected chi connectivity index (χ1v) is 5.42. The standard InChI is InChI=1S/C12H11ClO3/c1-7(14)10-6-11(16-12(10)15)8-2-4-9(13)5-3-8/h2-5,10-11H,6H2,1H3/t10-,11-/m1/s1. The largest absolute Gasteiger partial charge is 0.457 e. The van der Waals surface area contributed by atoms with E-state index in [1.54, 1.807) is 12.1 Å². The summed E-state index contributed by atoms with van der Waals surface area (Å²) in [4.78, 5) is 22.6. The molecule has 16 heavy (non-hydrogen) atoms. The molecule has 84 valence electrons. The van der Waals surface area contributed by atoms with Crippen molar-refractivity contribution >= 4 is 23.4 Å². The molecular formula is C12H11ClO3. The van der Waals surface area contributed by atoms with Crippen molar-refractivity contribution in [1.29, 1.82) is 0 Å². The average molecular weight is 239 g/mol. The lowest BCUT2D eigenvalue weighted by atomic mass is 9.97. The third-order valence-corrected chi connectivity index (χ3v) is 2.98. The van der Waals surface area contributed by atoms with E-state index in [2.05, 4.69) is 0 Å². The van der Waals surface area contributed by atoms with Crippen LogP contribution in [0.15, 0.2) is 24.3 Å². The molecule has 1 aliphatic heterocycles. The number of hydrogen-bond donors (Lipinski definition) is 0. The highest BCUT2D eigenvalue weighted by Gasteiger charge is 2.38. The average Bonchev–Trinajstić information content (AvgIpc) is 2.61. The molecule has 1 aromatic rings. The van der Waals surface area contributed by atoms with Crippen LogP contribution in [0.1, 0.15) is 25.0 Å². The molecule has 0 N–H and O–H groups in total. The Morgan fingerprint density at radius 3 is 2.50 bits per heavy atom. The third kappa shape index (κ3) is 2.09. The van der Waals surface area contributed by atoms with Crippen LogP contribution in [0.25, 0.3) is 0 Å². The first-order valence-electron chi connectivity index (χ1n) is 5.04. The molecule has 1 fully saturated rings. The number of ketones is 1. The molecule has 0 amide bonds. The van der Waals surface area contributed by atoms with Crippen LogP contribution in [0.3, 0.4) is 0 Å². The maximum absolute atomic E-state index is 11.4. The first kappa shape index (κ1) is 11.1. The van der Waals surface area contributed by atoms with Crippen LogP contribution < -0.4 is 0 Å². The van der Waals surface area contributed by atoms with Gasteiger partial charge in [-0.15, -0.1) is 0 Å². The molecular weight excluding hydrogens is 228 g/mol. The van der Waals surface area contributed by atoms with Crippen LogP contribution in [-0.4, -0.2) is 11.8 Å². The number of carbonyl (C=O) groups is 2. The van der Waals surface area contributed by atoms with Crippen molar-refractivity contribution in [3.63, 3.8) is 0 Å². The number of carbonyl (C=O) groups excluding carboxylic acids is 2. The van der Waals surface area contributed by atoms with Gasteiger partial charge in [-0.1, -0.05) is 23.7 Å². The Hall–Kier alpha value is -1.35. The van der Waals surface area contributed by atoms with Crippen LogP contribution in [-0.2, 0) is 14.3 Å². The minimum atomic E-state index is -0.610. The fourth-order valence-electron chi connectivity index (χ4n) is 1.79. The minimum Gasteiger partial charge on any atom is -0.457 e. The number of Topliss-reactive ketones (excluding diaryl/α,β-unsaturated/α-hetero) is 1. The molecule has 0 unspecified atom stereocenters. The van der Waals surface area contributed by atoms with E-state index in [0.29, 0.717) is 11.4 Å². The summed E-state index contributed by atoms with van der Waals surface area (Å²) in [6.45, 7) is 1.41. The monoisotopic (exact) mass is 238 g/mol. The summed E-state index contributed by atoms with van der Waals surface area (Å²) in [7, 11) is 0. The van der Waals surface area contributed by atoms with Crippen molar-refractivity contribution in [3.8, 4) is 0 Å². The van der Waals surface area contributed by atoms with E-state index in [-0.39, 0.29) is 11.9 Å². The van der Waals surface area contributed by atoms with E-state index < -0.39 is 11.9 Å². The summed E-state index contributed by atoms with van der Waals surface area (Å²) in [6.07, 6.45) is 0.106. The van der Waals surface area contributed by atoms with Crippen molar-refractivity contribution in [3.05, 3.63) is 34.9 Å². The zero-order valence-corrected chi connectivity index (χ0v) is 9.53. The minimum absolute atomic E-state index is 0.138. The molecule has 3 nitrogen and oxygen atoms in total. The lowest BCUT2D eigenvalue weighted by molar-refractivity contribution is -0.146. The second-order valence-corrected chi connectivity index (χ2v) is 4.31. The second kappa shape index (κ2) is 4.26. The van der Waals surface area contributed by atoms with E-state index in [1.165, 1.54) is 6.92 Å². The summed E-state index contributed by atoms with van der Waals surface area (Å²) in [5.74, 6) is -1.17. The van der Waals surface area contributed by atoms with Crippen molar-refractivity contribution < 1.29 is 14.3 Å². The van der Waals surface area contributed by atoms with Gasteiger partial charge in [0.1, 0.15) is 17.8 Å². The molecule has 0 spiro atoms. The lowest BCUT2D eigenvalue weighted by Crippen LogP contribution is -2.15. The van der Waals surface area contributed by atoms with E-state index in [9.17, 15) is 9.59 Å². The van der Waals surface area contributed by atoms with Crippen LogP contribution in [0.2, 0.25) is 5.02 Å². The van der Waals surface area contributed by atoms with Gasteiger partial charge in [0, 0.05) is 11.4 Å². The van der Waals surface area contributed by atoms with Crippen LogP contribution >= 0.6 is 11.6 Å². The molecule has 1 aliphatic rings. The molecule has 0 bridgehead atoms. The van der Waals surface area contributed by atoms with Gasteiger partial charge in [-0.2, -0.15) is 0 Å². The lowest BCUT2D eigenvalue weighted by Gasteiger charge is -2.08. The van der Waals surface area contributed by atoms with Crippen LogP contribution in [0.5, 0.6) is 0 Å². The Balaban J connectivity index is 2.16. The summed E-state index contributed by atoms with van der Waals surface area (Å²) in [6, 6.07) is 7.10. The van der Waals surface area contributed by atoms with Gasteiger partial charge in [0.25, 0.3) is 0 Å². The SMILES string of the molecule is CC(=O)[C@H]1C[C@H](c2ccc(Cl)cc2)OC1=O. The number of esters is 1. The molecule has 0 aliphatic carbocycles. The first-order chi connectivity index (χ1) is 7.58. The maximum atomic E-state index is 11.4. The second-order valence-electron chi connectivity index (χ2n) is 3.88. The summed E-state index contributed by atoms with van der Waals surface area (Å²) in [5, 5.41) is 0.635. The molecule has 0 radical (unpaired) electrons. The Labute approximate surface area is 98.4 Å². The van der Waals surface area contributed by atoms with Crippen molar-refractivity contribution in [2.45, 2.75) is 19.4 Å². The Kier molecular flexibility index (Phi) is 2.97. The molecule has 4 heteroatoms. The van der Waals surface area contributed by atoms with Gasteiger partial charge >= 0.3 is 5.97 Å². The van der Waals surface area contributed by atoms with Gasteiger partial charge in [0.2, 0.25) is 0 Å². The van der Waals surface area contributed by atoms with E-state index in [4.69, 9.17) is 16.3 Å². The fourth-order valence-corrected chi connectivity index (χ4v) is 1.92. The van der Waals surface area contributed by atoms with Crippen molar-refractivity contribution in [1.82, 2.24) is 0 Å². The summed E-state index contributed by atoms with van der Waals surface area (Å²) >= 11 is 5.76. The highest BCUT2D eigenvalue weighted by Crippen LogP contribution is 2.34. The number of halogens is 1. The number of ether oxygens (including phenoxy) is 1. The van der Waals surface area contributed by atoms with Gasteiger partial charge in [-0.25, -0.2) is 0 Å². The normalized spacial score (nSPS) is 24.2. The summed E-state index contributed by atoms with van der Waals surface area (Å²) in [5.41, 5.74) is 0.876. The zero-order valence-electron chi connectivity index (χ0n) is 8.77. The maximum Gasteiger partial charge on any atom is 0.317 e. The van der Waals surface area contributed by atoms with Gasteiger partial charge in [-0.05, 0) is 24.6 Å². The predicted octanol–water partition coefficient (Wildman–Crippen LogP) is 2.53. The number of benzene rings is 1. The third-order valence-electron chi connectivity index (χ3n) is 2.73. The number of hydrogen-bond acceptors (Lipinski definition) is 3. The van der Waals surface area contributed by atoms with Crippen LogP contribution in [0.4, 0.5) is 0 Å². The number of cyclic esters (lactones) is 1. The quantitative estimate of drug-likeness (QED) is 0.587. The smallest absolute Gasteiger partial charge is 0.317 e. The Bertz CT molecular complexity index is 424. The predicted molar refractivity (Wildman–Crippen MR) is 59.1 cm³/mol. The van der Waals surface area contributed by atoms with E-state index in [1.807, 2.05) is 12.1 Å². The molecule has 1 saturated heterocycles. The zero-order chi connectivity index (χ0) is 11.7. The Morgan fingerprint density at radius 2 is 2.00 bits per heavy atom. The molecule has 1 aromatic carbocycles. The molecule has 0 aromatic heterocycles. The highest BCUT2D eigenvalue weighted by atomic mass is 35.5. The van der Waals surface area contributed by atoms with Crippen molar-refractivity contribution in [2.75, 3.05) is 0 Å².